The molecule has 2 aromatic carbocycles. The molecule has 1 aliphatic heterocycles. The number of nitrogens with two attached hydrogens (primary N) is 1. The normalized spacial score (nSPS) is 12.6. The fourth-order valence-corrected chi connectivity index (χ4v) is 2.67. The van der Waals surface area contributed by atoms with Crippen molar-refractivity contribution in [1.29, 1.82) is 0 Å². The molecule has 0 fully saturated rings. The number of quaternary nitrogens is 1. The van der Waals surface area contributed by atoms with Gasteiger partial charge in [-0.05, 0) is 24.3 Å². The Balaban J connectivity index is 0.00000176. The first-order valence-corrected chi connectivity index (χ1v) is 7.36. The van der Waals surface area contributed by atoms with Crippen molar-refractivity contribution in [2.24, 2.45) is 0 Å². The van der Waals surface area contributed by atoms with Gasteiger partial charge in [0, 0.05) is 13.0 Å². The van der Waals surface area contributed by atoms with Crippen molar-refractivity contribution in [1.82, 2.24) is 0 Å². The van der Waals surface area contributed by atoms with E-state index in [4.69, 9.17) is 0 Å². The Hall–Kier alpha value is -2.04. The lowest BCUT2D eigenvalue weighted by Crippen LogP contribution is -3.00. The lowest BCUT2D eigenvalue weighted by molar-refractivity contribution is -0.626. The number of hydrogen-bond donors (Lipinski definition) is 2. The Labute approximate surface area is 136 Å². The number of fused-ring (bicyclic) bond motifs is 2. The minimum atomic E-state index is 0. The molecule has 2 aromatic rings. The molecule has 116 valence electrons. The Morgan fingerprint density at radius 3 is 2.50 bits per heavy atom. The standard InChI is InChI=1S/C17H19N3O.ClH/c1-18-11-6-12-20-16-10-5-4-9-15(16)19-14-8-3-2-7-13(14)17(20)21;/h2-5,7-10,18-19H,6,11-12H2,1H3;1H. The number of carbonyl (C=O) groups is 1. The zero-order chi connectivity index (χ0) is 14.7. The average Bonchev–Trinajstić information content (AvgIpc) is 2.63. The molecule has 5 heteroatoms. The van der Waals surface area contributed by atoms with Gasteiger partial charge in [0.2, 0.25) is 0 Å². The van der Waals surface area contributed by atoms with E-state index < -0.39 is 0 Å². The summed E-state index contributed by atoms with van der Waals surface area (Å²) in [6.07, 6.45) is 0.971. The summed E-state index contributed by atoms with van der Waals surface area (Å²) in [6, 6.07) is 15.7. The van der Waals surface area contributed by atoms with Crippen molar-refractivity contribution >= 4 is 23.0 Å². The second-order valence-electron chi connectivity index (χ2n) is 5.20. The number of nitrogens with one attached hydrogen (secondary N) is 1. The molecule has 22 heavy (non-hydrogen) atoms. The van der Waals surface area contributed by atoms with E-state index in [1.807, 2.05) is 53.4 Å². The molecule has 0 saturated carbocycles. The summed E-state index contributed by atoms with van der Waals surface area (Å²) in [5.41, 5.74) is 3.54. The summed E-state index contributed by atoms with van der Waals surface area (Å²) in [5, 5.41) is 5.52. The number of halogens is 1. The van der Waals surface area contributed by atoms with Gasteiger partial charge >= 0.3 is 0 Å². The molecule has 0 spiro atoms. The van der Waals surface area contributed by atoms with Gasteiger partial charge in [0.1, 0.15) is 0 Å². The molecule has 0 bridgehead atoms. The first-order valence-electron chi connectivity index (χ1n) is 7.36. The molecule has 0 aromatic heterocycles. The molecule has 0 atom stereocenters. The Morgan fingerprint density at radius 1 is 1.05 bits per heavy atom. The van der Waals surface area contributed by atoms with Gasteiger partial charge < -0.3 is 27.9 Å². The highest BCUT2D eigenvalue weighted by Gasteiger charge is 2.25. The van der Waals surface area contributed by atoms with Crippen LogP contribution in [0.4, 0.5) is 17.1 Å². The number of benzene rings is 2. The van der Waals surface area contributed by atoms with Gasteiger partial charge in [0.25, 0.3) is 5.91 Å². The second-order valence-corrected chi connectivity index (χ2v) is 5.20. The molecule has 3 rings (SSSR count). The highest BCUT2D eigenvalue weighted by Crippen LogP contribution is 2.35. The van der Waals surface area contributed by atoms with E-state index in [1.54, 1.807) is 0 Å². The molecule has 1 heterocycles. The summed E-state index contributed by atoms with van der Waals surface area (Å²) in [6.45, 7) is 1.75. The first kappa shape index (κ1) is 16.3. The topological polar surface area (TPSA) is 49.0 Å². The fourth-order valence-electron chi connectivity index (χ4n) is 2.67. The van der Waals surface area contributed by atoms with Crippen LogP contribution < -0.4 is 27.9 Å². The molecule has 0 aliphatic carbocycles. The van der Waals surface area contributed by atoms with E-state index in [1.165, 1.54) is 0 Å². The van der Waals surface area contributed by atoms with Crippen LogP contribution in [0, 0.1) is 0 Å². The van der Waals surface area contributed by atoms with Crippen molar-refractivity contribution in [2.75, 3.05) is 30.4 Å². The van der Waals surface area contributed by atoms with E-state index in [-0.39, 0.29) is 18.3 Å². The molecular weight excluding hydrogens is 298 g/mol. The van der Waals surface area contributed by atoms with Crippen LogP contribution >= 0.6 is 0 Å². The number of amides is 1. The van der Waals surface area contributed by atoms with E-state index >= 15 is 0 Å². The highest BCUT2D eigenvalue weighted by atomic mass is 35.5. The van der Waals surface area contributed by atoms with E-state index in [0.29, 0.717) is 0 Å². The maximum atomic E-state index is 12.9. The van der Waals surface area contributed by atoms with Crippen LogP contribution in [0.2, 0.25) is 0 Å². The number of anilines is 3. The lowest BCUT2D eigenvalue weighted by atomic mass is 10.1. The summed E-state index contributed by atoms with van der Waals surface area (Å²) in [5.74, 6) is 0.0687. The minimum absolute atomic E-state index is 0. The van der Waals surface area contributed by atoms with E-state index in [0.717, 1.165) is 42.1 Å². The average molecular weight is 318 g/mol. The third-order valence-corrected chi connectivity index (χ3v) is 3.74. The van der Waals surface area contributed by atoms with Crippen LogP contribution in [0.25, 0.3) is 0 Å². The largest absolute Gasteiger partial charge is 1.00 e. The van der Waals surface area contributed by atoms with Crippen LogP contribution in [-0.4, -0.2) is 26.0 Å². The first-order chi connectivity index (χ1) is 10.3. The van der Waals surface area contributed by atoms with Gasteiger partial charge in [-0.3, -0.25) is 4.79 Å². The summed E-state index contributed by atoms with van der Waals surface area (Å²) < 4.78 is 0. The molecule has 1 aliphatic rings. The van der Waals surface area contributed by atoms with Crippen molar-refractivity contribution in [3.05, 3.63) is 54.1 Å². The minimum Gasteiger partial charge on any atom is -1.00 e. The van der Waals surface area contributed by atoms with Gasteiger partial charge in [-0.2, -0.15) is 0 Å². The number of para-hydroxylation sites is 3. The highest BCUT2D eigenvalue weighted by molar-refractivity contribution is 6.13. The van der Waals surface area contributed by atoms with Crippen LogP contribution in [0.1, 0.15) is 16.8 Å². The monoisotopic (exact) mass is 317 g/mol. The van der Waals surface area contributed by atoms with Crippen molar-refractivity contribution in [3.63, 3.8) is 0 Å². The van der Waals surface area contributed by atoms with Gasteiger partial charge in [0.05, 0.1) is 36.2 Å². The Morgan fingerprint density at radius 2 is 1.73 bits per heavy atom. The van der Waals surface area contributed by atoms with Gasteiger partial charge in [-0.1, -0.05) is 24.3 Å². The Kier molecular flexibility index (Phi) is 5.41. The maximum absolute atomic E-state index is 12.9. The third-order valence-electron chi connectivity index (χ3n) is 3.74. The fraction of sp³-hybridized carbons (Fsp3) is 0.235. The zero-order valence-electron chi connectivity index (χ0n) is 12.6. The number of carbonyl (C=O) groups excluding carboxylic acids is 1. The third kappa shape index (κ3) is 3.08. The molecule has 4 nitrogen and oxygen atoms in total. The molecule has 1 amide bonds. The quantitative estimate of drug-likeness (QED) is 0.709. The molecule has 0 saturated heterocycles. The SMILES string of the molecule is C[NH2+]CCCN1C(=O)c2ccccc2Nc2ccccc21.[Cl-]. The van der Waals surface area contributed by atoms with Crippen LogP contribution in [0.15, 0.2) is 48.5 Å². The summed E-state index contributed by atoms with van der Waals surface area (Å²) in [7, 11) is 2.05. The molecular formula is C17H20ClN3O. The Bertz CT molecular complexity index is 660. The van der Waals surface area contributed by atoms with Crippen LogP contribution in [0.3, 0.4) is 0 Å². The smallest absolute Gasteiger partial charge is 0.260 e. The van der Waals surface area contributed by atoms with Crippen molar-refractivity contribution in [2.45, 2.75) is 6.42 Å². The lowest BCUT2D eigenvalue weighted by Gasteiger charge is -2.22. The second kappa shape index (κ2) is 7.29. The summed E-state index contributed by atoms with van der Waals surface area (Å²) >= 11 is 0. The number of nitrogens with zero attached hydrogens (tertiary/aromatic N) is 1. The maximum Gasteiger partial charge on any atom is 0.260 e. The van der Waals surface area contributed by atoms with Crippen molar-refractivity contribution in [3.8, 4) is 0 Å². The summed E-state index contributed by atoms with van der Waals surface area (Å²) in [4.78, 5) is 14.8. The molecule has 3 N–H and O–H groups in total. The van der Waals surface area contributed by atoms with Gasteiger partial charge in [0.15, 0.2) is 0 Å². The number of hydrogen-bond acceptors (Lipinski definition) is 2. The molecule has 0 unspecified atom stereocenters. The predicted molar refractivity (Wildman–Crippen MR) is 85.2 cm³/mol. The zero-order valence-corrected chi connectivity index (χ0v) is 13.3. The predicted octanol–water partition coefficient (Wildman–Crippen LogP) is -1.02. The van der Waals surface area contributed by atoms with E-state index in [9.17, 15) is 4.79 Å². The van der Waals surface area contributed by atoms with Gasteiger partial charge in [-0.25, -0.2) is 0 Å². The van der Waals surface area contributed by atoms with Crippen LogP contribution in [0.5, 0.6) is 0 Å². The van der Waals surface area contributed by atoms with Gasteiger partial charge in [-0.15, -0.1) is 0 Å². The van der Waals surface area contributed by atoms with E-state index in [2.05, 4.69) is 17.7 Å². The van der Waals surface area contributed by atoms with Crippen molar-refractivity contribution < 1.29 is 22.5 Å². The number of rotatable bonds is 4. The molecule has 0 radical (unpaired) electrons. The van der Waals surface area contributed by atoms with Crippen LogP contribution in [-0.2, 0) is 0 Å².